The van der Waals surface area contributed by atoms with Gasteiger partial charge in [0.15, 0.2) is 0 Å². The Bertz CT molecular complexity index is 38.8. The molecule has 5 heteroatoms. The molecule has 2 N–H and O–H groups in total. The molecule has 0 heterocycles. The minimum absolute atomic E-state index is 0. The third-order valence-electron chi connectivity index (χ3n) is 0. The fraction of sp³-hybridized carbons (Fsp3) is 0.250. The van der Waals surface area contributed by atoms with Gasteiger partial charge in [-0.15, -0.1) is 9.79 Å². The zero-order valence-corrected chi connectivity index (χ0v) is 10.0. The van der Waals surface area contributed by atoms with Crippen LogP contribution in [0.25, 0.3) is 0 Å². The predicted octanol–water partition coefficient (Wildman–Crippen LogP) is 1.37. The van der Waals surface area contributed by atoms with E-state index in [2.05, 4.69) is 6.92 Å². The van der Waals surface area contributed by atoms with E-state index in [1.54, 1.807) is 6.92 Å². The second-order valence-corrected chi connectivity index (χ2v) is 0.758. The molecule has 0 bridgehead atoms. The van der Waals surface area contributed by atoms with Gasteiger partial charge < -0.3 is 21.8 Å². The summed E-state index contributed by atoms with van der Waals surface area (Å²) < 4.78 is 8.70. The van der Waals surface area contributed by atoms with Crippen LogP contribution >= 0.6 is 8.25 Å². The SMILES string of the molecule is O=[P+](O)O.[CH2-]C.[CH3-].[CH3-].[Zn]. The molecule has 0 aromatic heterocycles. The van der Waals surface area contributed by atoms with Crippen LogP contribution in [0, 0.1) is 21.8 Å². The first-order valence-corrected chi connectivity index (χ1v) is 2.45. The first-order valence-electron chi connectivity index (χ1n) is 1.29. The summed E-state index contributed by atoms with van der Waals surface area (Å²) in [5.41, 5.74) is 0. The van der Waals surface area contributed by atoms with Gasteiger partial charge in [0.25, 0.3) is 0 Å². The standard InChI is InChI=1S/C2H5.2CH3.HO3P.Zn/c1-2;;;1-4(2)3;/h1H2,2H3;2*1H3;(H-,1,2,3);/q3*-1;;/p+1. The minimum atomic E-state index is -2.87. The van der Waals surface area contributed by atoms with E-state index in [4.69, 9.17) is 14.4 Å². The monoisotopic (exact) mass is 204 g/mol. The molecule has 0 aromatic carbocycles. The van der Waals surface area contributed by atoms with Crippen LogP contribution in [0.2, 0.25) is 0 Å². The molecule has 0 amide bonds. The Balaban J connectivity index is -0.00000000990. The molecular formula is C4H13O3PZn-2. The topological polar surface area (TPSA) is 57.5 Å². The van der Waals surface area contributed by atoms with Crippen molar-refractivity contribution in [3.63, 3.8) is 0 Å². The smallest absolute Gasteiger partial charge is 0.358 e. The Morgan fingerprint density at radius 2 is 1.22 bits per heavy atom. The Morgan fingerprint density at radius 3 is 1.22 bits per heavy atom. The first kappa shape index (κ1) is 33.4. The number of hydrogen-bond acceptors (Lipinski definition) is 1. The molecule has 3 nitrogen and oxygen atoms in total. The molecule has 56 valence electrons. The summed E-state index contributed by atoms with van der Waals surface area (Å²) in [6, 6.07) is 0. The van der Waals surface area contributed by atoms with E-state index < -0.39 is 8.25 Å². The van der Waals surface area contributed by atoms with Crippen LogP contribution in [0.4, 0.5) is 0 Å². The normalized spacial score (nSPS) is 3.56. The van der Waals surface area contributed by atoms with Crippen molar-refractivity contribution in [1.29, 1.82) is 0 Å². The zero-order chi connectivity index (χ0) is 5.58. The van der Waals surface area contributed by atoms with Gasteiger partial charge in [-0.05, 0) is 0 Å². The molecule has 0 aliphatic rings. The Morgan fingerprint density at radius 1 is 1.22 bits per heavy atom. The van der Waals surface area contributed by atoms with Crippen molar-refractivity contribution in [2.45, 2.75) is 6.92 Å². The van der Waals surface area contributed by atoms with Crippen molar-refractivity contribution in [2.75, 3.05) is 0 Å². The van der Waals surface area contributed by atoms with Crippen molar-refractivity contribution in [1.82, 2.24) is 0 Å². The Labute approximate surface area is 71.2 Å². The van der Waals surface area contributed by atoms with Gasteiger partial charge in [-0.1, -0.05) is 0 Å². The van der Waals surface area contributed by atoms with Gasteiger partial charge in [-0.25, -0.2) is 0 Å². The molecule has 0 fully saturated rings. The zero-order valence-electron chi connectivity index (χ0n) is 6.16. The summed E-state index contributed by atoms with van der Waals surface area (Å²) >= 11 is 0. The molecule has 0 spiro atoms. The molecule has 0 rings (SSSR count). The molecule has 0 saturated heterocycles. The summed E-state index contributed by atoms with van der Waals surface area (Å²) in [4.78, 5) is 14.2. The van der Waals surface area contributed by atoms with Crippen LogP contribution in [-0.4, -0.2) is 9.79 Å². The van der Waals surface area contributed by atoms with E-state index in [-0.39, 0.29) is 34.3 Å². The quantitative estimate of drug-likeness (QED) is 0.357. The molecule has 0 atom stereocenters. The Kier molecular flexibility index (Phi) is 141. The predicted molar refractivity (Wildman–Crippen MR) is 35.9 cm³/mol. The number of rotatable bonds is 0. The fourth-order valence-electron chi connectivity index (χ4n) is 0. The van der Waals surface area contributed by atoms with Gasteiger partial charge >= 0.3 is 8.25 Å². The molecule has 0 aromatic rings. The van der Waals surface area contributed by atoms with E-state index in [9.17, 15) is 0 Å². The van der Waals surface area contributed by atoms with Crippen LogP contribution in [0.3, 0.4) is 0 Å². The largest absolute Gasteiger partial charge is 0.692 e. The van der Waals surface area contributed by atoms with E-state index in [1.165, 1.54) is 0 Å². The van der Waals surface area contributed by atoms with Crippen molar-refractivity contribution in [2.24, 2.45) is 0 Å². The van der Waals surface area contributed by atoms with Crippen molar-refractivity contribution >= 4 is 8.25 Å². The summed E-state index contributed by atoms with van der Waals surface area (Å²) in [7, 11) is -2.87. The first-order chi connectivity index (χ1) is 2.73. The van der Waals surface area contributed by atoms with E-state index in [1.807, 2.05) is 0 Å². The van der Waals surface area contributed by atoms with Crippen LogP contribution in [-0.2, 0) is 24.0 Å². The van der Waals surface area contributed by atoms with Crippen molar-refractivity contribution < 1.29 is 33.8 Å². The molecule has 0 unspecified atom stereocenters. The molecule has 0 radical (unpaired) electrons. The average Bonchev–Trinajstić information content (AvgIpc) is 1.41. The van der Waals surface area contributed by atoms with Gasteiger partial charge in [0, 0.05) is 24.0 Å². The van der Waals surface area contributed by atoms with E-state index in [0.717, 1.165) is 0 Å². The molecule has 9 heavy (non-hydrogen) atoms. The average molecular weight is 206 g/mol. The summed E-state index contributed by atoms with van der Waals surface area (Å²) in [6.07, 6.45) is 0. The molecule has 0 aliphatic carbocycles. The van der Waals surface area contributed by atoms with Gasteiger partial charge in [0.2, 0.25) is 0 Å². The van der Waals surface area contributed by atoms with Crippen molar-refractivity contribution in [3.05, 3.63) is 21.8 Å². The third kappa shape index (κ3) is 922. The maximum Gasteiger partial charge on any atom is 0.692 e. The summed E-state index contributed by atoms with van der Waals surface area (Å²) in [5, 5.41) is 0. The Hall–Kier alpha value is 0.643. The van der Waals surface area contributed by atoms with Gasteiger partial charge in [0.1, 0.15) is 0 Å². The van der Waals surface area contributed by atoms with Gasteiger partial charge in [0.05, 0.1) is 0 Å². The van der Waals surface area contributed by atoms with Crippen LogP contribution < -0.4 is 0 Å². The van der Waals surface area contributed by atoms with Crippen molar-refractivity contribution in [3.8, 4) is 0 Å². The molecular weight excluding hydrogens is 192 g/mol. The minimum Gasteiger partial charge on any atom is -0.358 e. The fourth-order valence-corrected chi connectivity index (χ4v) is 0. The van der Waals surface area contributed by atoms with Gasteiger partial charge in [-0.2, -0.15) is 6.92 Å². The summed E-state index contributed by atoms with van der Waals surface area (Å²) in [6.45, 7) is 5.00. The molecule has 0 aliphatic heterocycles. The molecule has 0 saturated carbocycles. The summed E-state index contributed by atoms with van der Waals surface area (Å²) in [5.74, 6) is 0. The maximum absolute atomic E-state index is 8.70. The maximum atomic E-state index is 8.70. The van der Waals surface area contributed by atoms with E-state index in [0.29, 0.717) is 0 Å². The van der Waals surface area contributed by atoms with E-state index >= 15 is 0 Å². The second kappa shape index (κ2) is 38.0. The van der Waals surface area contributed by atoms with Gasteiger partial charge in [-0.3, -0.25) is 0 Å². The van der Waals surface area contributed by atoms with Crippen LogP contribution in [0.1, 0.15) is 6.92 Å². The third-order valence-corrected chi connectivity index (χ3v) is 0. The van der Waals surface area contributed by atoms with Crippen LogP contribution in [0.5, 0.6) is 0 Å². The van der Waals surface area contributed by atoms with Crippen LogP contribution in [0.15, 0.2) is 0 Å². The number of hydrogen-bond donors (Lipinski definition) is 2. The second-order valence-electron chi connectivity index (χ2n) is 0.253.